The van der Waals surface area contributed by atoms with Crippen LogP contribution in [0, 0.1) is 0 Å². The number of carbonyl (C=O) groups is 1. The van der Waals surface area contributed by atoms with Crippen LogP contribution in [0.15, 0.2) is 36.5 Å². The zero-order chi connectivity index (χ0) is 17.7. The van der Waals surface area contributed by atoms with Crippen molar-refractivity contribution in [1.29, 1.82) is 0 Å². The summed E-state index contributed by atoms with van der Waals surface area (Å²) in [4.78, 5) is 12.1. The first-order valence-electron chi connectivity index (χ1n) is 7.85. The molecular formula is C17H24N4O3. The Kier molecular flexibility index (Phi) is 5.81. The number of aromatic nitrogens is 2. The standard InChI is InChI=1S/C17H24N4O3/c1-11(2)21-15(9-10-18-21)20-17(23)19-12(3)16(22)13-5-7-14(24-4)8-6-13/h5-12,16,22H,1-4H3,(H2,19,20,23). The average Bonchev–Trinajstić information content (AvgIpc) is 3.02. The number of methoxy groups -OCH3 is 1. The lowest BCUT2D eigenvalue weighted by Crippen LogP contribution is -2.40. The van der Waals surface area contributed by atoms with E-state index in [1.54, 1.807) is 55.2 Å². The molecule has 0 spiro atoms. The molecule has 130 valence electrons. The minimum atomic E-state index is -0.823. The molecule has 0 aliphatic rings. The van der Waals surface area contributed by atoms with E-state index < -0.39 is 18.2 Å². The lowest BCUT2D eigenvalue weighted by Gasteiger charge is -2.21. The van der Waals surface area contributed by atoms with E-state index in [-0.39, 0.29) is 6.04 Å². The van der Waals surface area contributed by atoms with Gasteiger partial charge in [0, 0.05) is 12.1 Å². The molecule has 1 aromatic heterocycles. The van der Waals surface area contributed by atoms with Gasteiger partial charge >= 0.3 is 6.03 Å². The topological polar surface area (TPSA) is 88.4 Å². The Labute approximate surface area is 141 Å². The fraction of sp³-hybridized carbons (Fsp3) is 0.412. The maximum absolute atomic E-state index is 12.1. The summed E-state index contributed by atoms with van der Waals surface area (Å²) < 4.78 is 6.81. The fourth-order valence-corrected chi connectivity index (χ4v) is 2.35. The number of nitrogens with one attached hydrogen (secondary N) is 2. The van der Waals surface area contributed by atoms with Gasteiger partial charge in [-0.3, -0.25) is 5.32 Å². The van der Waals surface area contributed by atoms with Gasteiger partial charge in [-0.15, -0.1) is 0 Å². The largest absolute Gasteiger partial charge is 0.497 e. The smallest absolute Gasteiger partial charge is 0.320 e. The molecule has 1 aromatic carbocycles. The van der Waals surface area contributed by atoms with Gasteiger partial charge < -0.3 is 15.2 Å². The third kappa shape index (κ3) is 4.26. The molecule has 1 heterocycles. The first kappa shape index (κ1) is 17.8. The Balaban J connectivity index is 1.96. The molecule has 0 radical (unpaired) electrons. The van der Waals surface area contributed by atoms with E-state index in [9.17, 15) is 9.90 Å². The van der Waals surface area contributed by atoms with Gasteiger partial charge in [0.25, 0.3) is 0 Å². The van der Waals surface area contributed by atoms with E-state index in [1.165, 1.54) is 0 Å². The number of carbonyl (C=O) groups excluding carboxylic acids is 1. The molecule has 0 aliphatic carbocycles. The van der Waals surface area contributed by atoms with Crippen molar-refractivity contribution in [2.75, 3.05) is 12.4 Å². The number of rotatable bonds is 6. The lowest BCUT2D eigenvalue weighted by atomic mass is 10.0. The van der Waals surface area contributed by atoms with Crippen molar-refractivity contribution >= 4 is 11.8 Å². The molecule has 3 N–H and O–H groups in total. The number of amides is 2. The summed E-state index contributed by atoms with van der Waals surface area (Å²) in [6.45, 7) is 5.70. The zero-order valence-electron chi connectivity index (χ0n) is 14.4. The number of hydrogen-bond acceptors (Lipinski definition) is 4. The number of benzene rings is 1. The number of ether oxygens (including phenoxy) is 1. The monoisotopic (exact) mass is 332 g/mol. The molecular weight excluding hydrogens is 308 g/mol. The van der Waals surface area contributed by atoms with E-state index in [0.29, 0.717) is 17.1 Å². The van der Waals surface area contributed by atoms with Crippen LogP contribution in [0.4, 0.5) is 10.6 Å². The highest BCUT2D eigenvalue weighted by Gasteiger charge is 2.19. The second kappa shape index (κ2) is 7.83. The number of anilines is 1. The third-order valence-corrected chi connectivity index (χ3v) is 3.69. The van der Waals surface area contributed by atoms with Crippen LogP contribution in [0.5, 0.6) is 5.75 Å². The van der Waals surface area contributed by atoms with Crippen molar-refractivity contribution in [1.82, 2.24) is 15.1 Å². The van der Waals surface area contributed by atoms with Crippen molar-refractivity contribution in [3.05, 3.63) is 42.1 Å². The van der Waals surface area contributed by atoms with Crippen LogP contribution in [0.2, 0.25) is 0 Å². The van der Waals surface area contributed by atoms with Crippen molar-refractivity contribution in [2.24, 2.45) is 0 Å². The predicted octanol–water partition coefficient (Wildman–Crippen LogP) is 2.72. The van der Waals surface area contributed by atoms with E-state index in [1.807, 2.05) is 13.8 Å². The Hall–Kier alpha value is -2.54. The first-order chi connectivity index (χ1) is 11.4. The number of aliphatic hydroxyl groups is 1. The normalized spacial score (nSPS) is 13.4. The van der Waals surface area contributed by atoms with Crippen LogP contribution in [0.3, 0.4) is 0 Å². The minimum absolute atomic E-state index is 0.137. The van der Waals surface area contributed by atoms with Gasteiger partial charge in [0.15, 0.2) is 0 Å². The SMILES string of the molecule is COc1ccc(C(O)C(C)NC(=O)Nc2ccnn2C(C)C)cc1. The van der Waals surface area contributed by atoms with Gasteiger partial charge in [-0.25, -0.2) is 9.48 Å². The number of nitrogens with zero attached hydrogens (tertiary/aromatic N) is 2. The molecule has 7 heteroatoms. The maximum atomic E-state index is 12.1. The zero-order valence-corrected chi connectivity index (χ0v) is 14.4. The molecule has 2 atom stereocenters. The van der Waals surface area contributed by atoms with Gasteiger partial charge in [0.05, 0.1) is 25.5 Å². The molecule has 2 aromatic rings. The molecule has 2 unspecified atom stereocenters. The molecule has 7 nitrogen and oxygen atoms in total. The molecule has 2 amide bonds. The van der Waals surface area contributed by atoms with Crippen LogP contribution in [-0.4, -0.2) is 34.1 Å². The fourth-order valence-electron chi connectivity index (χ4n) is 2.35. The number of urea groups is 1. The minimum Gasteiger partial charge on any atom is -0.497 e. The van der Waals surface area contributed by atoms with Gasteiger partial charge in [-0.1, -0.05) is 12.1 Å². The molecule has 0 fully saturated rings. The maximum Gasteiger partial charge on any atom is 0.320 e. The van der Waals surface area contributed by atoms with E-state index in [4.69, 9.17) is 4.74 Å². The van der Waals surface area contributed by atoms with E-state index >= 15 is 0 Å². The summed E-state index contributed by atoms with van der Waals surface area (Å²) in [5.41, 5.74) is 0.704. The summed E-state index contributed by atoms with van der Waals surface area (Å²) in [6, 6.07) is 8.09. The van der Waals surface area contributed by atoms with Gasteiger partial charge in [0.1, 0.15) is 11.6 Å². The highest BCUT2D eigenvalue weighted by atomic mass is 16.5. The summed E-state index contributed by atoms with van der Waals surface area (Å²) in [6.07, 6.45) is 0.808. The van der Waals surface area contributed by atoms with Gasteiger partial charge in [-0.2, -0.15) is 5.10 Å². The Morgan fingerprint density at radius 3 is 2.46 bits per heavy atom. The van der Waals surface area contributed by atoms with Gasteiger partial charge in [-0.05, 0) is 38.5 Å². The predicted molar refractivity (Wildman–Crippen MR) is 92.2 cm³/mol. The number of hydrogen-bond donors (Lipinski definition) is 3. The van der Waals surface area contributed by atoms with Gasteiger partial charge in [0.2, 0.25) is 0 Å². The van der Waals surface area contributed by atoms with Crippen LogP contribution in [-0.2, 0) is 0 Å². The van der Waals surface area contributed by atoms with Crippen LogP contribution >= 0.6 is 0 Å². The Morgan fingerprint density at radius 1 is 1.21 bits per heavy atom. The molecule has 0 saturated carbocycles. The average molecular weight is 332 g/mol. The van der Waals surface area contributed by atoms with Crippen LogP contribution in [0.25, 0.3) is 0 Å². The van der Waals surface area contributed by atoms with Crippen LogP contribution in [0.1, 0.15) is 38.5 Å². The lowest BCUT2D eigenvalue weighted by molar-refractivity contribution is 0.139. The van der Waals surface area contributed by atoms with E-state index in [0.717, 1.165) is 0 Å². The summed E-state index contributed by atoms with van der Waals surface area (Å²) >= 11 is 0. The Bertz CT molecular complexity index is 667. The van der Waals surface area contributed by atoms with Crippen molar-refractivity contribution in [3.8, 4) is 5.75 Å². The third-order valence-electron chi connectivity index (χ3n) is 3.69. The van der Waals surface area contributed by atoms with Crippen LogP contribution < -0.4 is 15.4 Å². The molecule has 2 rings (SSSR count). The Morgan fingerprint density at radius 2 is 1.88 bits per heavy atom. The first-order valence-corrected chi connectivity index (χ1v) is 7.85. The summed E-state index contributed by atoms with van der Waals surface area (Å²) in [7, 11) is 1.59. The second-order valence-electron chi connectivity index (χ2n) is 5.86. The number of aliphatic hydroxyl groups excluding tert-OH is 1. The highest BCUT2D eigenvalue weighted by molar-refractivity contribution is 5.88. The van der Waals surface area contributed by atoms with E-state index in [2.05, 4.69) is 15.7 Å². The van der Waals surface area contributed by atoms with Crippen molar-refractivity contribution in [3.63, 3.8) is 0 Å². The summed E-state index contributed by atoms with van der Waals surface area (Å²) in [5.74, 6) is 1.32. The molecule has 0 bridgehead atoms. The van der Waals surface area contributed by atoms with Crippen molar-refractivity contribution < 1.29 is 14.6 Å². The molecule has 24 heavy (non-hydrogen) atoms. The second-order valence-corrected chi connectivity index (χ2v) is 5.86. The van der Waals surface area contributed by atoms with Crippen molar-refractivity contribution in [2.45, 2.75) is 39.0 Å². The molecule has 0 aliphatic heterocycles. The summed E-state index contributed by atoms with van der Waals surface area (Å²) in [5, 5.41) is 20.0. The molecule has 0 saturated heterocycles. The quantitative estimate of drug-likeness (QED) is 0.759. The highest BCUT2D eigenvalue weighted by Crippen LogP contribution is 2.20.